The molecule has 3 aliphatic rings. The zero-order chi connectivity index (χ0) is 23.0. The summed E-state index contributed by atoms with van der Waals surface area (Å²) < 4.78 is 22.6. The summed E-state index contributed by atoms with van der Waals surface area (Å²) in [6, 6.07) is 10.1. The first kappa shape index (κ1) is 21.9. The van der Waals surface area contributed by atoms with Gasteiger partial charge in [0.1, 0.15) is 24.7 Å². The molecule has 0 bridgehead atoms. The van der Waals surface area contributed by atoms with Crippen LogP contribution in [0.25, 0.3) is 0 Å². The van der Waals surface area contributed by atoms with Gasteiger partial charge in [-0.3, -0.25) is 4.79 Å². The lowest BCUT2D eigenvalue weighted by Crippen LogP contribution is -2.48. The van der Waals surface area contributed by atoms with E-state index in [1.165, 1.54) is 24.0 Å². The van der Waals surface area contributed by atoms with E-state index in [0.717, 1.165) is 47.9 Å². The number of ether oxygens (including phenoxy) is 4. The molecule has 1 amide bonds. The van der Waals surface area contributed by atoms with Gasteiger partial charge in [0.05, 0.1) is 20.3 Å². The fourth-order valence-corrected chi connectivity index (χ4v) is 5.81. The van der Waals surface area contributed by atoms with Gasteiger partial charge in [-0.2, -0.15) is 0 Å². The molecule has 0 saturated heterocycles. The second-order valence-corrected chi connectivity index (χ2v) is 9.49. The van der Waals surface area contributed by atoms with Crippen LogP contribution in [0, 0.1) is 0 Å². The summed E-state index contributed by atoms with van der Waals surface area (Å²) in [6.45, 7) is 4.08. The van der Waals surface area contributed by atoms with Gasteiger partial charge in [-0.15, -0.1) is 0 Å². The Morgan fingerprint density at radius 1 is 1.00 bits per heavy atom. The van der Waals surface area contributed by atoms with Gasteiger partial charge in [-0.05, 0) is 67.1 Å². The number of nitrogens with zero attached hydrogens (tertiary/aromatic N) is 1. The number of benzene rings is 2. The average molecular weight is 452 g/mol. The standard InChI is InChI=1S/C27H33NO5/c1-18-22-15-24-25(33-11-10-32-24)16-23(22)27(8-4-5-9-27)17-28(18)26(29)7-6-19-12-20(30-2)14-21(13-19)31-3/h12-16,18H,4-11,17H2,1-3H3/t18-/m0/s1. The highest BCUT2D eigenvalue weighted by Crippen LogP contribution is 2.52. The third-order valence-corrected chi connectivity index (χ3v) is 7.60. The van der Waals surface area contributed by atoms with E-state index in [4.69, 9.17) is 18.9 Å². The molecule has 2 aromatic rings. The molecule has 33 heavy (non-hydrogen) atoms. The van der Waals surface area contributed by atoms with Gasteiger partial charge >= 0.3 is 0 Å². The van der Waals surface area contributed by atoms with Crippen LogP contribution in [0.3, 0.4) is 0 Å². The molecule has 1 saturated carbocycles. The lowest BCUT2D eigenvalue weighted by atomic mass is 9.71. The van der Waals surface area contributed by atoms with E-state index in [2.05, 4.69) is 24.0 Å². The molecule has 1 spiro atoms. The lowest BCUT2D eigenvalue weighted by molar-refractivity contribution is -0.135. The number of carbonyl (C=O) groups is 1. The van der Waals surface area contributed by atoms with Crippen molar-refractivity contribution < 1.29 is 23.7 Å². The number of hydrogen-bond donors (Lipinski definition) is 0. The zero-order valence-electron chi connectivity index (χ0n) is 19.8. The molecule has 2 heterocycles. The molecule has 0 unspecified atom stereocenters. The SMILES string of the molecule is COc1cc(CCC(=O)N2CC3(CCCC3)c3cc4c(cc3[C@@H]2C)OCCO4)cc(OC)c1. The number of methoxy groups -OCH3 is 2. The number of fused-ring (bicyclic) bond motifs is 3. The van der Waals surface area contributed by atoms with E-state index in [1.807, 2.05) is 18.2 Å². The molecule has 6 nitrogen and oxygen atoms in total. The van der Waals surface area contributed by atoms with Gasteiger partial charge in [0, 0.05) is 24.4 Å². The van der Waals surface area contributed by atoms with Crippen LogP contribution in [0.15, 0.2) is 30.3 Å². The maximum atomic E-state index is 13.5. The maximum absolute atomic E-state index is 13.5. The molecule has 6 heteroatoms. The zero-order valence-corrected chi connectivity index (χ0v) is 19.8. The molecule has 176 valence electrons. The van der Waals surface area contributed by atoms with E-state index in [9.17, 15) is 4.79 Å². The summed E-state index contributed by atoms with van der Waals surface area (Å²) in [6.07, 6.45) is 5.74. The Hall–Kier alpha value is -2.89. The van der Waals surface area contributed by atoms with Crippen LogP contribution in [0.1, 0.15) is 61.8 Å². The number of amides is 1. The normalized spacial score (nSPS) is 20.5. The van der Waals surface area contributed by atoms with E-state index in [0.29, 0.717) is 26.1 Å². The molecule has 1 aliphatic carbocycles. The molecule has 0 radical (unpaired) electrons. The van der Waals surface area contributed by atoms with Crippen molar-refractivity contribution in [2.24, 2.45) is 0 Å². The molecular formula is C27H33NO5. The molecule has 5 rings (SSSR count). The van der Waals surface area contributed by atoms with Crippen LogP contribution >= 0.6 is 0 Å². The topological polar surface area (TPSA) is 57.2 Å². The van der Waals surface area contributed by atoms with Crippen molar-refractivity contribution in [3.8, 4) is 23.0 Å². The Kier molecular flexibility index (Phi) is 5.85. The highest BCUT2D eigenvalue weighted by Gasteiger charge is 2.46. The summed E-state index contributed by atoms with van der Waals surface area (Å²) in [4.78, 5) is 15.6. The van der Waals surface area contributed by atoms with Crippen molar-refractivity contribution in [3.63, 3.8) is 0 Å². The first-order valence-electron chi connectivity index (χ1n) is 12.0. The monoisotopic (exact) mass is 451 g/mol. The minimum Gasteiger partial charge on any atom is -0.497 e. The van der Waals surface area contributed by atoms with E-state index in [1.54, 1.807) is 14.2 Å². The van der Waals surface area contributed by atoms with Gasteiger partial charge in [0.25, 0.3) is 0 Å². The number of rotatable bonds is 5. The van der Waals surface area contributed by atoms with Gasteiger partial charge in [-0.25, -0.2) is 0 Å². The Labute approximate surface area is 195 Å². The van der Waals surface area contributed by atoms with Crippen LogP contribution < -0.4 is 18.9 Å². The van der Waals surface area contributed by atoms with Crippen molar-refractivity contribution in [2.75, 3.05) is 34.0 Å². The van der Waals surface area contributed by atoms with Gasteiger partial charge in [0.2, 0.25) is 5.91 Å². The van der Waals surface area contributed by atoms with Crippen molar-refractivity contribution in [3.05, 3.63) is 47.0 Å². The lowest BCUT2D eigenvalue weighted by Gasteiger charge is -2.46. The predicted molar refractivity (Wildman–Crippen MR) is 126 cm³/mol. The summed E-state index contributed by atoms with van der Waals surface area (Å²) >= 11 is 0. The smallest absolute Gasteiger partial charge is 0.223 e. The first-order chi connectivity index (χ1) is 16.0. The Morgan fingerprint density at radius 3 is 2.27 bits per heavy atom. The molecule has 0 N–H and O–H groups in total. The van der Waals surface area contributed by atoms with Crippen LogP contribution in [-0.2, 0) is 16.6 Å². The fraction of sp³-hybridized carbons (Fsp3) is 0.519. The molecule has 2 aliphatic heterocycles. The Balaban J connectivity index is 1.41. The van der Waals surface area contributed by atoms with E-state index in [-0.39, 0.29) is 17.4 Å². The summed E-state index contributed by atoms with van der Waals surface area (Å²) in [5.74, 6) is 3.34. The van der Waals surface area contributed by atoms with Crippen LogP contribution in [0.2, 0.25) is 0 Å². The first-order valence-corrected chi connectivity index (χ1v) is 12.0. The van der Waals surface area contributed by atoms with Crippen LogP contribution in [-0.4, -0.2) is 44.8 Å². The highest BCUT2D eigenvalue weighted by molar-refractivity contribution is 5.78. The Bertz CT molecular complexity index is 1020. The molecule has 1 fully saturated rings. The fourth-order valence-electron chi connectivity index (χ4n) is 5.81. The highest BCUT2D eigenvalue weighted by atomic mass is 16.6. The third kappa shape index (κ3) is 4.00. The van der Waals surface area contributed by atoms with Crippen molar-refractivity contribution in [1.82, 2.24) is 4.90 Å². The number of hydrogen-bond acceptors (Lipinski definition) is 5. The van der Waals surface area contributed by atoms with Crippen molar-refractivity contribution in [2.45, 2.75) is 56.9 Å². The second-order valence-electron chi connectivity index (χ2n) is 9.49. The van der Waals surface area contributed by atoms with E-state index < -0.39 is 0 Å². The van der Waals surface area contributed by atoms with Gasteiger partial charge < -0.3 is 23.8 Å². The average Bonchev–Trinajstić information content (AvgIpc) is 3.33. The predicted octanol–water partition coefficient (Wildman–Crippen LogP) is 4.82. The maximum Gasteiger partial charge on any atom is 0.223 e. The second kappa shape index (κ2) is 8.81. The number of aryl methyl sites for hydroxylation is 1. The summed E-state index contributed by atoms with van der Waals surface area (Å²) in [5.41, 5.74) is 3.63. The van der Waals surface area contributed by atoms with Gasteiger partial charge in [-0.1, -0.05) is 12.8 Å². The summed E-state index contributed by atoms with van der Waals surface area (Å²) in [5, 5.41) is 0. The molecule has 1 atom stereocenters. The van der Waals surface area contributed by atoms with Crippen molar-refractivity contribution >= 4 is 5.91 Å². The molecule has 2 aromatic carbocycles. The quantitative estimate of drug-likeness (QED) is 0.652. The van der Waals surface area contributed by atoms with Gasteiger partial charge in [0.15, 0.2) is 11.5 Å². The van der Waals surface area contributed by atoms with Crippen molar-refractivity contribution in [1.29, 1.82) is 0 Å². The number of carbonyl (C=O) groups excluding carboxylic acids is 1. The summed E-state index contributed by atoms with van der Waals surface area (Å²) in [7, 11) is 3.29. The van der Waals surface area contributed by atoms with Crippen LogP contribution in [0.5, 0.6) is 23.0 Å². The largest absolute Gasteiger partial charge is 0.497 e. The molecule has 0 aromatic heterocycles. The third-order valence-electron chi connectivity index (χ3n) is 7.60. The van der Waals surface area contributed by atoms with E-state index >= 15 is 0 Å². The minimum absolute atomic E-state index is 0.00870. The van der Waals surface area contributed by atoms with Crippen LogP contribution in [0.4, 0.5) is 0 Å². The molecular weight excluding hydrogens is 418 g/mol. The minimum atomic E-state index is 0.00870. The Morgan fingerprint density at radius 2 is 1.64 bits per heavy atom.